The van der Waals surface area contributed by atoms with Crippen LogP contribution in [-0.2, 0) is 4.79 Å². The molecule has 0 radical (unpaired) electrons. The third-order valence-corrected chi connectivity index (χ3v) is 1.88. The van der Waals surface area contributed by atoms with E-state index in [-0.39, 0.29) is 0 Å². The molecule has 0 spiro atoms. The first-order valence-electron chi connectivity index (χ1n) is 4.37. The molecule has 0 unspecified atom stereocenters. The second-order valence-corrected chi connectivity index (χ2v) is 2.81. The van der Waals surface area contributed by atoms with Crippen molar-refractivity contribution < 1.29 is 14.3 Å². The number of hydrogen-bond acceptors (Lipinski definition) is 3. The predicted molar refractivity (Wildman–Crippen MR) is 57.8 cm³/mol. The molecule has 0 aromatic heterocycles. The maximum absolute atomic E-state index is 10.6. The summed E-state index contributed by atoms with van der Waals surface area (Å²) >= 11 is 0. The number of benzene rings is 1. The topological polar surface area (TPSA) is 61.6 Å². The van der Waals surface area contributed by atoms with Gasteiger partial charge in [-0.25, -0.2) is 0 Å². The van der Waals surface area contributed by atoms with Gasteiger partial charge in [-0.15, -0.1) is 0 Å². The van der Waals surface area contributed by atoms with E-state index in [1.165, 1.54) is 6.08 Å². The van der Waals surface area contributed by atoms with Crippen molar-refractivity contribution >= 4 is 12.0 Å². The second-order valence-electron chi connectivity index (χ2n) is 2.81. The zero-order chi connectivity index (χ0) is 11.3. The van der Waals surface area contributed by atoms with E-state index in [1.54, 1.807) is 38.5 Å². The second kappa shape index (κ2) is 5.05. The van der Waals surface area contributed by atoms with Crippen molar-refractivity contribution in [2.75, 3.05) is 14.2 Å². The van der Waals surface area contributed by atoms with Crippen molar-refractivity contribution in [2.45, 2.75) is 0 Å². The van der Waals surface area contributed by atoms with Crippen LogP contribution in [0.5, 0.6) is 11.5 Å². The third kappa shape index (κ3) is 2.74. The largest absolute Gasteiger partial charge is 0.496 e. The van der Waals surface area contributed by atoms with E-state index in [4.69, 9.17) is 15.2 Å². The Bertz CT molecular complexity index is 363. The molecule has 0 saturated carbocycles. The fourth-order valence-electron chi connectivity index (χ4n) is 1.21. The molecule has 0 fully saturated rings. The van der Waals surface area contributed by atoms with E-state index in [9.17, 15) is 4.79 Å². The molecule has 4 nitrogen and oxygen atoms in total. The molecule has 0 saturated heterocycles. The molecule has 0 bridgehead atoms. The maximum Gasteiger partial charge on any atom is 0.241 e. The number of nitrogens with two attached hydrogens (primary N) is 1. The summed E-state index contributed by atoms with van der Waals surface area (Å²) in [5, 5.41) is 0. The fourth-order valence-corrected chi connectivity index (χ4v) is 1.21. The quantitative estimate of drug-likeness (QED) is 0.754. The van der Waals surface area contributed by atoms with E-state index < -0.39 is 5.91 Å². The Morgan fingerprint density at radius 3 is 2.20 bits per heavy atom. The van der Waals surface area contributed by atoms with Crippen LogP contribution < -0.4 is 15.2 Å². The van der Waals surface area contributed by atoms with Gasteiger partial charge in [0, 0.05) is 6.08 Å². The molecule has 80 valence electrons. The first-order chi connectivity index (χ1) is 7.19. The average Bonchev–Trinajstić information content (AvgIpc) is 2.25. The molecule has 1 aromatic carbocycles. The van der Waals surface area contributed by atoms with Gasteiger partial charge in [-0.1, -0.05) is 6.07 Å². The Hall–Kier alpha value is -1.97. The minimum atomic E-state index is -0.511. The standard InChI is InChI=1S/C11H13NO3/c1-14-9-4-3-5-10(15-2)8(9)6-7-11(12)13/h3-7H,1-2H3,(H2,12,13)/b7-6-. The van der Waals surface area contributed by atoms with Crippen molar-refractivity contribution in [3.8, 4) is 11.5 Å². The molecule has 4 heteroatoms. The molecule has 0 aliphatic carbocycles. The molecular weight excluding hydrogens is 194 g/mol. The summed E-state index contributed by atoms with van der Waals surface area (Å²) in [7, 11) is 3.10. The van der Waals surface area contributed by atoms with E-state index in [0.29, 0.717) is 17.1 Å². The van der Waals surface area contributed by atoms with Crippen LogP contribution in [-0.4, -0.2) is 20.1 Å². The van der Waals surface area contributed by atoms with Crippen LogP contribution in [0.15, 0.2) is 24.3 Å². The molecule has 15 heavy (non-hydrogen) atoms. The fraction of sp³-hybridized carbons (Fsp3) is 0.182. The van der Waals surface area contributed by atoms with Gasteiger partial charge in [0.05, 0.1) is 19.8 Å². The lowest BCUT2D eigenvalue weighted by Gasteiger charge is -2.09. The Labute approximate surface area is 88.3 Å². The van der Waals surface area contributed by atoms with Crippen LogP contribution >= 0.6 is 0 Å². The van der Waals surface area contributed by atoms with E-state index in [1.807, 2.05) is 0 Å². The number of carbonyl (C=O) groups is 1. The predicted octanol–water partition coefficient (Wildman–Crippen LogP) is 1.20. The minimum absolute atomic E-state index is 0.511. The zero-order valence-electron chi connectivity index (χ0n) is 8.69. The lowest BCUT2D eigenvalue weighted by molar-refractivity contribution is -0.113. The number of hydrogen-bond donors (Lipinski definition) is 1. The molecule has 0 aliphatic rings. The van der Waals surface area contributed by atoms with E-state index >= 15 is 0 Å². The summed E-state index contributed by atoms with van der Waals surface area (Å²) < 4.78 is 10.3. The van der Waals surface area contributed by atoms with Crippen LogP contribution in [0.1, 0.15) is 5.56 Å². The summed E-state index contributed by atoms with van der Waals surface area (Å²) in [6.45, 7) is 0. The number of methoxy groups -OCH3 is 2. The van der Waals surface area contributed by atoms with Crippen molar-refractivity contribution in [1.82, 2.24) is 0 Å². The van der Waals surface area contributed by atoms with Crippen LogP contribution in [0.2, 0.25) is 0 Å². The van der Waals surface area contributed by atoms with Crippen molar-refractivity contribution in [3.63, 3.8) is 0 Å². The van der Waals surface area contributed by atoms with Gasteiger partial charge in [0.25, 0.3) is 0 Å². The van der Waals surface area contributed by atoms with Crippen LogP contribution in [0.25, 0.3) is 6.08 Å². The highest BCUT2D eigenvalue weighted by atomic mass is 16.5. The molecule has 0 aliphatic heterocycles. The lowest BCUT2D eigenvalue weighted by atomic mass is 10.1. The number of ether oxygens (including phenoxy) is 2. The molecule has 1 amide bonds. The van der Waals surface area contributed by atoms with Gasteiger partial charge in [0.2, 0.25) is 5.91 Å². The van der Waals surface area contributed by atoms with Gasteiger partial charge >= 0.3 is 0 Å². The molecule has 0 atom stereocenters. The molecule has 1 aromatic rings. The van der Waals surface area contributed by atoms with Gasteiger partial charge in [-0.2, -0.15) is 0 Å². The monoisotopic (exact) mass is 207 g/mol. The van der Waals surface area contributed by atoms with E-state index in [0.717, 1.165) is 0 Å². The molecule has 1 rings (SSSR count). The van der Waals surface area contributed by atoms with Crippen molar-refractivity contribution in [3.05, 3.63) is 29.8 Å². The van der Waals surface area contributed by atoms with Gasteiger partial charge in [0.1, 0.15) is 11.5 Å². The number of primary amides is 1. The SMILES string of the molecule is COc1cccc(OC)c1/C=C\C(N)=O. The smallest absolute Gasteiger partial charge is 0.241 e. The summed E-state index contributed by atoms with van der Waals surface area (Å²) in [5.74, 6) is 0.752. The normalized spacial score (nSPS) is 10.3. The van der Waals surface area contributed by atoms with Crippen molar-refractivity contribution in [2.24, 2.45) is 5.73 Å². The van der Waals surface area contributed by atoms with Crippen molar-refractivity contribution in [1.29, 1.82) is 0 Å². The number of rotatable bonds is 4. The number of amides is 1. The summed E-state index contributed by atoms with van der Waals surface area (Å²) in [4.78, 5) is 10.6. The van der Waals surface area contributed by atoms with Gasteiger partial charge < -0.3 is 15.2 Å². The average molecular weight is 207 g/mol. The highest BCUT2D eigenvalue weighted by Crippen LogP contribution is 2.29. The lowest BCUT2D eigenvalue weighted by Crippen LogP contribution is -2.05. The first kappa shape index (κ1) is 11.1. The Kier molecular flexibility index (Phi) is 3.74. The maximum atomic E-state index is 10.6. The van der Waals surface area contributed by atoms with Crippen LogP contribution in [0.3, 0.4) is 0 Å². The van der Waals surface area contributed by atoms with Crippen LogP contribution in [0, 0.1) is 0 Å². The third-order valence-electron chi connectivity index (χ3n) is 1.88. The molecule has 2 N–H and O–H groups in total. The van der Waals surface area contributed by atoms with Gasteiger partial charge in [-0.3, -0.25) is 4.79 Å². The Morgan fingerprint density at radius 2 is 1.80 bits per heavy atom. The molecule has 0 heterocycles. The number of carbonyl (C=O) groups excluding carboxylic acids is 1. The van der Waals surface area contributed by atoms with E-state index in [2.05, 4.69) is 0 Å². The Balaban J connectivity index is 3.16. The minimum Gasteiger partial charge on any atom is -0.496 e. The van der Waals surface area contributed by atoms with Gasteiger partial charge in [0.15, 0.2) is 0 Å². The summed E-state index contributed by atoms with van der Waals surface area (Å²) in [6.07, 6.45) is 2.83. The Morgan fingerprint density at radius 1 is 1.27 bits per heavy atom. The highest BCUT2D eigenvalue weighted by Gasteiger charge is 2.05. The highest BCUT2D eigenvalue weighted by molar-refractivity contribution is 5.91. The summed E-state index contributed by atoms with van der Waals surface area (Å²) in [5.41, 5.74) is 5.71. The molecular formula is C11H13NO3. The zero-order valence-corrected chi connectivity index (χ0v) is 8.69. The first-order valence-corrected chi connectivity index (χ1v) is 4.37. The van der Waals surface area contributed by atoms with Gasteiger partial charge in [-0.05, 0) is 18.2 Å². The van der Waals surface area contributed by atoms with Crippen LogP contribution in [0.4, 0.5) is 0 Å². The summed E-state index contributed by atoms with van der Waals surface area (Å²) in [6, 6.07) is 5.37.